The number of hydrogen-bond acceptors (Lipinski definition) is 5. The van der Waals surface area contributed by atoms with Crippen molar-refractivity contribution >= 4 is 27.1 Å². The lowest BCUT2D eigenvalue weighted by Crippen LogP contribution is -2.08. The molecule has 0 spiro atoms. The molecule has 0 saturated carbocycles. The van der Waals surface area contributed by atoms with Crippen molar-refractivity contribution in [3.63, 3.8) is 0 Å². The highest BCUT2D eigenvalue weighted by Gasteiger charge is 2.18. The molecular formula is C12H18O5S2. The van der Waals surface area contributed by atoms with Gasteiger partial charge in [0, 0.05) is 11.1 Å². The van der Waals surface area contributed by atoms with Gasteiger partial charge in [0.25, 0.3) is 0 Å². The topological polar surface area (TPSA) is 80.7 Å². The van der Waals surface area contributed by atoms with Gasteiger partial charge in [-0.25, -0.2) is 13.2 Å². The first kappa shape index (κ1) is 16.0. The van der Waals surface area contributed by atoms with E-state index in [0.29, 0.717) is 12.2 Å². The number of carboxylic acid groups (broad SMARTS) is 1. The zero-order valence-corrected chi connectivity index (χ0v) is 12.8. The highest BCUT2D eigenvalue weighted by Crippen LogP contribution is 2.33. The lowest BCUT2D eigenvalue weighted by Gasteiger charge is -2.04. The van der Waals surface area contributed by atoms with Crippen molar-refractivity contribution in [3.8, 4) is 5.75 Å². The van der Waals surface area contributed by atoms with E-state index in [1.54, 1.807) is 6.07 Å². The van der Waals surface area contributed by atoms with Crippen LogP contribution in [0.15, 0.2) is 6.07 Å². The average Bonchev–Trinajstić information content (AvgIpc) is 2.67. The fraction of sp³-hybridized carbons (Fsp3) is 0.583. The number of sulfone groups is 1. The normalized spacial score (nSPS) is 11.8. The number of carbonyl (C=O) groups is 1. The molecule has 1 heterocycles. The van der Waals surface area contributed by atoms with Crippen molar-refractivity contribution in [1.82, 2.24) is 0 Å². The van der Waals surface area contributed by atoms with E-state index in [9.17, 15) is 13.2 Å². The van der Waals surface area contributed by atoms with Crippen LogP contribution in [0.3, 0.4) is 0 Å². The molecule has 1 aromatic heterocycles. The van der Waals surface area contributed by atoms with E-state index in [4.69, 9.17) is 9.84 Å². The van der Waals surface area contributed by atoms with Crippen LogP contribution in [0.1, 0.15) is 40.7 Å². The van der Waals surface area contributed by atoms with Crippen LogP contribution in [-0.2, 0) is 9.84 Å². The standard InChI is InChI=1S/C12H18O5S2/c1-8(2)10-7-9(11(18-10)12(13)14)17-5-4-6-19(3,15)16/h7-8H,4-6H2,1-3H3,(H,13,14). The maximum atomic E-state index is 11.1. The van der Waals surface area contributed by atoms with Crippen LogP contribution in [-0.4, -0.2) is 38.1 Å². The lowest BCUT2D eigenvalue weighted by molar-refractivity contribution is 0.0698. The number of thiophene rings is 1. The fourth-order valence-electron chi connectivity index (χ4n) is 1.44. The number of rotatable bonds is 7. The van der Waals surface area contributed by atoms with Crippen LogP contribution in [0.25, 0.3) is 0 Å². The molecule has 19 heavy (non-hydrogen) atoms. The molecule has 0 atom stereocenters. The minimum atomic E-state index is -3.01. The molecule has 1 rings (SSSR count). The van der Waals surface area contributed by atoms with Gasteiger partial charge in [0.15, 0.2) is 4.88 Å². The Balaban J connectivity index is 2.69. The molecule has 0 aromatic carbocycles. The number of ether oxygens (including phenoxy) is 1. The lowest BCUT2D eigenvalue weighted by atomic mass is 10.2. The van der Waals surface area contributed by atoms with Crippen molar-refractivity contribution < 1.29 is 23.1 Å². The molecule has 0 saturated heterocycles. The summed E-state index contributed by atoms with van der Waals surface area (Å²) < 4.78 is 27.3. The highest BCUT2D eigenvalue weighted by atomic mass is 32.2. The molecule has 0 aliphatic carbocycles. The summed E-state index contributed by atoms with van der Waals surface area (Å²) >= 11 is 1.20. The molecule has 0 aliphatic rings. The third-order valence-electron chi connectivity index (χ3n) is 2.40. The first-order valence-corrected chi connectivity index (χ1v) is 8.76. The molecule has 0 aliphatic heterocycles. The zero-order chi connectivity index (χ0) is 14.6. The minimum absolute atomic E-state index is 0.0383. The van der Waals surface area contributed by atoms with Crippen LogP contribution in [0.4, 0.5) is 0 Å². The van der Waals surface area contributed by atoms with Crippen molar-refractivity contribution in [2.24, 2.45) is 0 Å². The van der Waals surface area contributed by atoms with E-state index < -0.39 is 15.8 Å². The van der Waals surface area contributed by atoms with E-state index in [2.05, 4.69) is 0 Å². The van der Waals surface area contributed by atoms with Crippen LogP contribution in [0, 0.1) is 0 Å². The molecule has 0 unspecified atom stereocenters. The maximum absolute atomic E-state index is 11.1. The smallest absolute Gasteiger partial charge is 0.349 e. The van der Waals surface area contributed by atoms with Gasteiger partial charge in [-0.3, -0.25) is 0 Å². The zero-order valence-electron chi connectivity index (χ0n) is 11.2. The second kappa shape index (κ2) is 6.38. The highest BCUT2D eigenvalue weighted by molar-refractivity contribution is 7.90. The average molecular weight is 306 g/mol. The Morgan fingerprint density at radius 1 is 1.47 bits per heavy atom. The van der Waals surface area contributed by atoms with Crippen molar-refractivity contribution in [2.75, 3.05) is 18.6 Å². The molecule has 108 valence electrons. The molecule has 1 N–H and O–H groups in total. The fourth-order valence-corrected chi connectivity index (χ4v) is 3.02. The Bertz CT molecular complexity index is 542. The molecule has 7 heteroatoms. The summed E-state index contributed by atoms with van der Waals surface area (Å²) in [6.07, 6.45) is 1.52. The summed E-state index contributed by atoms with van der Waals surface area (Å²) in [6, 6.07) is 1.72. The summed E-state index contributed by atoms with van der Waals surface area (Å²) in [5, 5.41) is 9.08. The van der Waals surface area contributed by atoms with Crippen molar-refractivity contribution in [3.05, 3.63) is 15.8 Å². The van der Waals surface area contributed by atoms with Gasteiger partial charge in [0.05, 0.1) is 12.4 Å². The Morgan fingerprint density at radius 3 is 2.58 bits per heavy atom. The van der Waals surface area contributed by atoms with Crippen molar-refractivity contribution in [2.45, 2.75) is 26.2 Å². The van der Waals surface area contributed by atoms with Gasteiger partial charge < -0.3 is 9.84 Å². The summed E-state index contributed by atoms with van der Waals surface area (Å²) in [6.45, 7) is 4.15. The van der Waals surface area contributed by atoms with Gasteiger partial charge in [0.1, 0.15) is 15.6 Å². The SMILES string of the molecule is CC(C)c1cc(OCCCS(C)(=O)=O)c(C(=O)O)s1. The Kier molecular flexibility index (Phi) is 5.37. The van der Waals surface area contributed by atoms with E-state index >= 15 is 0 Å². The van der Waals surface area contributed by atoms with Crippen molar-refractivity contribution in [1.29, 1.82) is 0 Å². The first-order chi connectivity index (χ1) is 8.70. The van der Waals surface area contributed by atoms with Crippen LogP contribution >= 0.6 is 11.3 Å². The van der Waals surface area contributed by atoms with Crippen LogP contribution < -0.4 is 4.74 Å². The number of hydrogen-bond donors (Lipinski definition) is 1. The van der Waals surface area contributed by atoms with Gasteiger partial charge >= 0.3 is 5.97 Å². The quantitative estimate of drug-likeness (QED) is 0.782. The van der Waals surface area contributed by atoms with Gasteiger partial charge in [-0.05, 0) is 18.4 Å². The monoisotopic (exact) mass is 306 g/mol. The van der Waals surface area contributed by atoms with Crippen LogP contribution in [0.2, 0.25) is 0 Å². The molecule has 0 bridgehead atoms. The Hall–Kier alpha value is -1.08. The van der Waals surface area contributed by atoms with E-state index in [-0.39, 0.29) is 23.2 Å². The maximum Gasteiger partial charge on any atom is 0.349 e. The molecule has 5 nitrogen and oxygen atoms in total. The minimum Gasteiger partial charge on any atom is -0.492 e. The van der Waals surface area contributed by atoms with Gasteiger partial charge in [0.2, 0.25) is 0 Å². The van der Waals surface area contributed by atoms with Crippen LogP contribution in [0.5, 0.6) is 5.75 Å². The van der Waals surface area contributed by atoms with E-state index in [0.717, 1.165) is 11.1 Å². The third kappa shape index (κ3) is 5.20. The predicted octanol–water partition coefficient (Wildman–Crippen LogP) is 2.38. The van der Waals surface area contributed by atoms with Gasteiger partial charge in [-0.15, -0.1) is 11.3 Å². The Labute approximate surface area is 117 Å². The summed E-state index contributed by atoms with van der Waals surface area (Å²) in [5.74, 6) is -0.419. The van der Waals surface area contributed by atoms with Gasteiger partial charge in [-0.1, -0.05) is 13.8 Å². The molecular weight excluding hydrogens is 288 g/mol. The third-order valence-corrected chi connectivity index (χ3v) is 4.83. The predicted molar refractivity (Wildman–Crippen MR) is 75.2 cm³/mol. The summed E-state index contributed by atoms with van der Waals surface area (Å²) in [7, 11) is -3.01. The number of aromatic carboxylic acids is 1. The number of carboxylic acids is 1. The Morgan fingerprint density at radius 2 is 2.11 bits per heavy atom. The van der Waals surface area contributed by atoms with Gasteiger partial charge in [-0.2, -0.15) is 0 Å². The molecule has 1 aromatic rings. The second-order valence-corrected chi connectivity index (χ2v) is 7.98. The van der Waals surface area contributed by atoms with E-state index in [1.807, 2.05) is 13.8 Å². The molecule has 0 amide bonds. The van der Waals surface area contributed by atoms with E-state index in [1.165, 1.54) is 11.3 Å². The summed E-state index contributed by atoms with van der Waals surface area (Å²) in [4.78, 5) is 12.2. The summed E-state index contributed by atoms with van der Waals surface area (Å²) in [5.41, 5.74) is 0. The second-order valence-electron chi connectivity index (χ2n) is 4.63. The molecule has 0 fully saturated rings. The molecule has 0 radical (unpaired) electrons. The first-order valence-electron chi connectivity index (χ1n) is 5.88. The largest absolute Gasteiger partial charge is 0.492 e.